The van der Waals surface area contributed by atoms with Gasteiger partial charge in [-0.05, 0) is 18.5 Å². The normalized spacial score (nSPS) is 17.6. The summed E-state index contributed by atoms with van der Waals surface area (Å²) in [5.41, 5.74) is 2.63. The monoisotopic (exact) mass is 262 g/mol. The van der Waals surface area contributed by atoms with E-state index in [-0.39, 0.29) is 5.41 Å². The number of para-hydroxylation sites is 1. The van der Waals surface area contributed by atoms with Crippen LogP contribution in [0.4, 0.5) is 5.69 Å². The van der Waals surface area contributed by atoms with Gasteiger partial charge in [0.05, 0.1) is 12.8 Å². The first-order valence-electron chi connectivity index (χ1n) is 7.04. The third-order valence-corrected chi connectivity index (χ3v) is 3.85. The quantitative estimate of drug-likeness (QED) is 0.815. The number of likely N-dealkylation sites (N-methyl/N-ethyl adjacent to an activating group) is 1. The molecular formula is C16H26N2O. The van der Waals surface area contributed by atoms with Crippen molar-refractivity contribution in [3.05, 3.63) is 23.8 Å². The van der Waals surface area contributed by atoms with Gasteiger partial charge >= 0.3 is 0 Å². The van der Waals surface area contributed by atoms with Gasteiger partial charge in [0.2, 0.25) is 0 Å². The molecular weight excluding hydrogens is 236 g/mol. The number of rotatable bonds is 2. The summed E-state index contributed by atoms with van der Waals surface area (Å²) >= 11 is 0. The molecule has 1 aliphatic rings. The molecule has 0 unspecified atom stereocenters. The van der Waals surface area contributed by atoms with E-state index in [1.807, 2.05) is 0 Å². The summed E-state index contributed by atoms with van der Waals surface area (Å²) in [6.07, 6.45) is 0. The Morgan fingerprint density at radius 3 is 2.21 bits per heavy atom. The van der Waals surface area contributed by atoms with E-state index in [0.29, 0.717) is 0 Å². The van der Waals surface area contributed by atoms with E-state index in [2.05, 4.69) is 55.8 Å². The minimum Gasteiger partial charge on any atom is -0.494 e. The van der Waals surface area contributed by atoms with E-state index in [1.54, 1.807) is 7.11 Å². The summed E-state index contributed by atoms with van der Waals surface area (Å²) in [5, 5.41) is 0. The van der Waals surface area contributed by atoms with E-state index in [9.17, 15) is 0 Å². The van der Waals surface area contributed by atoms with Gasteiger partial charge in [-0.3, -0.25) is 0 Å². The molecule has 0 aromatic heterocycles. The van der Waals surface area contributed by atoms with Gasteiger partial charge in [0.25, 0.3) is 0 Å². The van der Waals surface area contributed by atoms with Gasteiger partial charge in [0.15, 0.2) is 0 Å². The number of benzene rings is 1. The van der Waals surface area contributed by atoms with Crippen LogP contribution in [0.1, 0.15) is 26.3 Å². The molecule has 0 spiro atoms. The highest BCUT2D eigenvalue weighted by Crippen LogP contribution is 2.38. The molecule has 0 N–H and O–H groups in total. The van der Waals surface area contributed by atoms with Crippen LogP contribution < -0.4 is 9.64 Å². The van der Waals surface area contributed by atoms with Gasteiger partial charge in [0, 0.05) is 31.7 Å². The minimum absolute atomic E-state index is 0.105. The SMILES string of the molecule is COc1c(N2CCN(C)CC2)cccc1C(C)(C)C. The first kappa shape index (κ1) is 14.2. The molecule has 0 saturated carbocycles. The highest BCUT2D eigenvalue weighted by molar-refractivity contribution is 5.63. The lowest BCUT2D eigenvalue weighted by Gasteiger charge is -2.36. The molecule has 3 heteroatoms. The van der Waals surface area contributed by atoms with E-state index >= 15 is 0 Å². The van der Waals surface area contributed by atoms with E-state index in [4.69, 9.17) is 4.74 Å². The highest BCUT2D eigenvalue weighted by atomic mass is 16.5. The third kappa shape index (κ3) is 3.03. The molecule has 1 aromatic rings. The van der Waals surface area contributed by atoms with Crippen molar-refractivity contribution >= 4 is 5.69 Å². The number of hydrogen-bond donors (Lipinski definition) is 0. The minimum atomic E-state index is 0.105. The number of nitrogens with zero attached hydrogens (tertiary/aromatic N) is 2. The van der Waals surface area contributed by atoms with Crippen molar-refractivity contribution in [2.24, 2.45) is 0 Å². The molecule has 1 aliphatic heterocycles. The number of ether oxygens (including phenoxy) is 1. The van der Waals surface area contributed by atoms with Crippen LogP contribution in [0.2, 0.25) is 0 Å². The summed E-state index contributed by atoms with van der Waals surface area (Å²) < 4.78 is 5.73. The Kier molecular flexibility index (Phi) is 4.04. The fourth-order valence-corrected chi connectivity index (χ4v) is 2.63. The molecule has 19 heavy (non-hydrogen) atoms. The van der Waals surface area contributed by atoms with Crippen LogP contribution in [0.25, 0.3) is 0 Å². The largest absolute Gasteiger partial charge is 0.494 e. The molecule has 1 fully saturated rings. The lowest BCUT2D eigenvalue weighted by molar-refractivity contribution is 0.310. The number of methoxy groups -OCH3 is 1. The Morgan fingerprint density at radius 2 is 1.68 bits per heavy atom. The van der Waals surface area contributed by atoms with E-state index < -0.39 is 0 Å². The van der Waals surface area contributed by atoms with E-state index in [0.717, 1.165) is 31.9 Å². The zero-order valence-electron chi connectivity index (χ0n) is 12.9. The Hall–Kier alpha value is -1.22. The molecule has 106 valence electrons. The first-order valence-corrected chi connectivity index (χ1v) is 7.04. The summed E-state index contributed by atoms with van der Waals surface area (Å²) in [4.78, 5) is 4.81. The van der Waals surface area contributed by atoms with Crippen molar-refractivity contribution in [1.82, 2.24) is 4.90 Å². The molecule has 0 amide bonds. The van der Waals surface area contributed by atoms with Crippen LogP contribution in [0.3, 0.4) is 0 Å². The number of anilines is 1. The van der Waals surface area contributed by atoms with Crippen molar-refractivity contribution in [1.29, 1.82) is 0 Å². The fraction of sp³-hybridized carbons (Fsp3) is 0.625. The average Bonchev–Trinajstić information content (AvgIpc) is 2.37. The van der Waals surface area contributed by atoms with Crippen molar-refractivity contribution in [3.63, 3.8) is 0 Å². The molecule has 1 aromatic carbocycles. The van der Waals surface area contributed by atoms with Gasteiger partial charge in [-0.2, -0.15) is 0 Å². The average molecular weight is 262 g/mol. The van der Waals surface area contributed by atoms with Crippen molar-refractivity contribution < 1.29 is 4.74 Å². The van der Waals surface area contributed by atoms with Crippen LogP contribution in [0.5, 0.6) is 5.75 Å². The van der Waals surface area contributed by atoms with Gasteiger partial charge < -0.3 is 14.5 Å². The second kappa shape index (κ2) is 5.41. The molecule has 1 saturated heterocycles. The Bertz CT molecular complexity index is 429. The Balaban J connectivity index is 2.35. The first-order chi connectivity index (χ1) is 8.93. The van der Waals surface area contributed by atoms with Crippen LogP contribution in [-0.2, 0) is 5.41 Å². The molecule has 1 heterocycles. The van der Waals surface area contributed by atoms with Gasteiger partial charge in [-0.25, -0.2) is 0 Å². The second-order valence-corrected chi connectivity index (χ2v) is 6.40. The predicted octanol–water partition coefficient (Wildman–Crippen LogP) is 2.74. The molecule has 0 bridgehead atoms. The lowest BCUT2D eigenvalue weighted by Crippen LogP contribution is -2.44. The highest BCUT2D eigenvalue weighted by Gasteiger charge is 2.24. The third-order valence-electron chi connectivity index (χ3n) is 3.85. The lowest BCUT2D eigenvalue weighted by atomic mass is 9.86. The van der Waals surface area contributed by atoms with Crippen LogP contribution in [-0.4, -0.2) is 45.2 Å². The summed E-state index contributed by atoms with van der Waals surface area (Å²) in [6.45, 7) is 11.1. The zero-order chi connectivity index (χ0) is 14.0. The predicted molar refractivity (Wildman–Crippen MR) is 81.4 cm³/mol. The van der Waals surface area contributed by atoms with Crippen LogP contribution in [0.15, 0.2) is 18.2 Å². The molecule has 0 radical (unpaired) electrons. The zero-order valence-corrected chi connectivity index (χ0v) is 12.9. The van der Waals surface area contributed by atoms with Crippen LogP contribution in [0, 0.1) is 0 Å². The molecule has 3 nitrogen and oxygen atoms in total. The smallest absolute Gasteiger partial charge is 0.145 e. The maximum atomic E-state index is 5.73. The maximum Gasteiger partial charge on any atom is 0.145 e. The maximum absolute atomic E-state index is 5.73. The van der Waals surface area contributed by atoms with Gasteiger partial charge in [-0.15, -0.1) is 0 Å². The Labute approximate surface area is 117 Å². The topological polar surface area (TPSA) is 15.7 Å². The molecule has 0 atom stereocenters. The summed E-state index contributed by atoms with van der Waals surface area (Å²) in [5.74, 6) is 1.04. The number of piperazine rings is 1. The van der Waals surface area contributed by atoms with Crippen molar-refractivity contribution in [3.8, 4) is 5.75 Å². The van der Waals surface area contributed by atoms with Crippen molar-refractivity contribution in [2.75, 3.05) is 45.2 Å². The van der Waals surface area contributed by atoms with E-state index in [1.165, 1.54) is 11.3 Å². The second-order valence-electron chi connectivity index (χ2n) is 6.40. The molecule has 2 rings (SSSR count). The number of hydrogen-bond acceptors (Lipinski definition) is 3. The van der Waals surface area contributed by atoms with Gasteiger partial charge in [-0.1, -0.05) is 32.9 Å². The Morgan fingerprint density at radius 1 is 1.05 bits per heavy atom. The van der Waals surface area contributed by atoms with Crippen molar-refractivity contribution in [2.45, 2.75) is 26.2 Å². The summed E-state index contributed by atoms with van der Waals surface area (Å²) in [7, 11) is 3.96. The fourth-order valence-electron chi connectivity index (χ4n) is 2.63. The van der Waals surface area contributed by atoms with Crippen LogP contribution >= 0.6 is 0 Å². The molecule has 0 aliphatic carbocycles. The standard InChI is InChI=1S/C16H26N2O/c1-16(2,3)13-7-6-8-14(15(13)19-5)18-11-9-17(4)10-12-18/h6-8H,9-12H2,1-5H3. The van der Waals surface area contributed by atoms with Gasteiger partial charge in [0.1, 0.15) is 5.75 Å². The summed E-state index contributed by atoms with van der Waals surface area (Å²) in [6, 6.07) is 6.51.